The van der Waals surface area contributed by atoms with Gasteiger partial charge in [0.1, 0.15) is 4.75 Å². The lowest BCUT2D eigenvalue weighted by Crippen LogP contribution is -2.32. The molecule has 1 aromatic carbocycles. The zero-order valence-electron chi connectivity index (χ0n) is 8.73. The van der Waals surface area contributed by atoms with E-state index in [1.165, 1.54) is 5.56 Å². The maximum atomic E-state index is 11.7. The Morgan fingerprint density at radius 2 is 2.13 bits per heavy atom. The molecule has 80 valence electrons. The third kappa shape index (κ3) is 2.02. The summed E-state index contributed by atoms with van der Waals surface area (Å²) in [5.41, 5.74) is 1.20. The van der Waals surface area contributed by atoms with Crippen LogP contribution in [0.2, 0.25) is 0 Å². The fraction of sp³-hybridized carbons (Fsp3) is 0.417. The van der Waals surface area contributed by atoms with Gasteiger partial charge in [-0.15, -0.1) is 11.8 Å². The molecule has 0 radical (unpaired) electrons. The molecular weight excluding hydrogens is 208 g/mol. The second kappa shape index (κ2) is 4.27. The molecule has 1 atom stereocenters. The summed E-state index contributed by atoms with van der Waals surface area (Å²) in [5, 5.41) is 0. The molecular formula is C12H14O2S. The smallest absolute Gasteiger partial charge is 0.322 e. The number of hydrogen-bond donors (Lipinski definition) is 0. The third-order valence-electron chi connectivity index (χ3n) is 2.83. The van der Waals surface area contributed by atoms with E-state index in [-0.39, 0.29) is 10.7 Å². The molecule has 2 nitrogen and oxygen atoms in total. The number of esters is 1. The standard InChI is InChI=1S/C12H14O2S/c1-15-12(7-8-14-11(12)13)9-10-5-3-2-4-6-10/h2-6H,7-9H2,1H3. The fourth-order valence-corrected chi connectivity index (χ4v) is 2.71. The number of benzene rings is 1. The van der Waals surface area contributed by atoms with Crippen LogP contribution in [-0.2, 0) is 16.0 Å². The lowest BCUT2D eigenvalue weighted by atomic mass is 9.97. The lowest BCUT2D eigenvalue weighted by molar-refractivity contribution is -0.139. The van der Waals surface area contributed by atoms with E-state index in [0.717, 1.165) is 12.8 Å². The van der Waals surface area contributed by atoms with Gasteiger partial charge in [-0.1, -0.05) is 30.3 Å². The third-order valence-corrected chi connectivity index (χ3v) is 4.13. The summed E-state index contributed by atoms with van der Waals surface area (Å²) >= 11 is 1.61. The Morgan fingerprint density at radius 1 is 1.40 bits per heavy atom. The molecule has 1 unspecified atom stereocenters. The number of hydrogen-bond acceptors (Lipinski definition) is 3. The Morgan fingerprint density at radius 3 is 2.67 bits per heavy atom. The van der Waals surface area contributed by atoms with Crippen LogP contribution in [0.3, 0.4) is 0 Å². The topological polar surface area (TPSA) is 26.3 Å². The molecule has 15 heavy (non-hydrogen) atoms. The van der Waals surface area contributed by atoms with Crippen LogP contribution in [-0.4, -0.2) is 23.6 Å². The molecule has 0 spiro atoms. The average Bonchev–Trinajstić information content (AvgIpc) is 2.62. The first-order valence-electron chi connectivity index (χ1n) is 5.03. The molecule has 3 heteroatoms. The van der Waals surface area contributed by atoms with Gasteiger partial charge in [-0.2, -0.15) is 0 Å². The highest BCUT2D eigenvalue weighted by atomic mass is 32.2. The molecule has 0 aromatic heterocycles. The van der Waals surface area contributed by atoms with Crippen molar-refractivity contribution in [2.75, 3.05) is 12.9 Å². The number of carbonyl (C=O) groups excluding carboxylic acids is 1. The van der Waals surface area contributed by atoms with Gasteiger partial charge in [-0.05, 0) is 18.2 Å². The normalized spacial score (nSPS) is 25.3. The van der Waals surface area contributed by atoms with E-state index >= 15 is 0 Å². The Labute approximate surface area is 94.0 Å². The molecule has 0 amide bonds. The van der Waals surface area contributed by atoms with Crippen LogP contribution < -0.4 is 0 Å². The highest BCUT2D eigenvalue weighted by Gasteiger charge is 2.43. The van der Waals surface area contributed by atoms with E-state index in [1.54, 1.807) is 11.8 Å². The van der Waals surface area contributed by atoms with Gasteiger partial charge in [0.25, 0.3) is 0 Å². The van der Waals surface area contributed by atoms with E-state index in [1.807, 2.05) is 24.5 Å². The molecule has 0 bridgehead atoms. The first-order chi connectivity index (χ1) is 7.27. The summed E-state index contributed by atoms with van der Waals surface area (Å²) in [6.07, 6.45) is 3.57. The van der Waals surface area contributed by atoms with Crippen LogP contribution in [0.1, 0.15) is 12.0 Å². The number of cyclic esters (lactones) is 1. The second-order valence-corrected chi connectivity index (χ2v) is 4.94. The molecule has 1 saturated heterocycles. The first kappa shape index (κ1) is 10.6. The molecule has 0 aliphatic carbocycles. The highest BCUT2D eigenvalue weighted by Crippen LogP contribution is 2.36. The summed E-state index contributed by atoms with van der Waals surface area (Å²) in [6.45, 7) is 0.562. The van der Waals surface area contributed by atoms with Crippen molar-refractivity contribution in [1.82, 2.24) is 0 Å². The van der Waals surface area contributed by atoms with Gasteiger partial charge in [0.15, 0.2) is 0 Å². The van der Waals surface area contributed by atoms with E-state index in [9.17, 15) is 4.79 Å². The lowest BCUT2D eigenvalue weighted by Gasteiger charge is -2.21. The molecule has 1 heterocycles. The molecule has 0 saturated carbocycles. The fourth-order valence-electron chi connectivity index (χ4n) is 1.89. The van der Waals surface area contributed by atoms with E-state index < -0.39 is 0 Å². The Hall–Kier alpha value is -0.960. The Bertz CT molecular complexity index is 350. The predicted molar refractivity (Wildman–Crippen MR) is 62.0 cm³/mol. The van der Waals surface area contributed by atoms with Gasteiger partial charge in [0, 0.05) is 6.42 Å². The molecule has 1 aromatic rings. The van der Waals surface area contributed by atoms with Gasteiger partial charge in [-0.25, -0.2) is 0 Å². The van der Waals surface area contributed by atoms with Crippen LogP contribution in [0, 0.1) is 0 Å². The summed E-state index contributed by atoms with van der Waals surface area (Å²) in [6, 6.07) is 10.1. The quantitative estimate of drug-likeness (QED) is 0.734. The van der Waals surface area contributed by atoms with E-state index in [4.69, 9.17) is 4.74 Å². The summed E-state index contributed by atoms with van der Waals surface area (Å²) < 4.78 is 4.73. The summed E-state index contributed by atoms with van der Waals surface area (Å²) in [5.74, 6) is -0.0566. The Kier molecular flexibility index (Phi) is 3.00. The van der Waals surface area contributed by atoms with Crippen LogP contribution in [0.15, 0.2) is 30.3 Å². The van der Waals surface area contributed by atoms with Crippen molar-refractivity contribution in [2.24, 2.45) is 0 Å². The maximum Gasteiger partial charge on any atom is 0.322 e. The monoisotopic (exact) mass is 222 g/mol. The zero-order valence-corrected chi connectivity index (χ0v) is 9.55. The molecule has 0 N–H and O–H groups in total. The van der Waals surface area contributed by atoms with Crippen LogP contribution >= 0.6 is 11.8 Å². The molecule has 1 aliphatic rings. The molecule has 2 rings (SSSR count). The zero-order chi connectivity index (χ0) is 10.7. The SMILES string of the molecule is CSC1(Cc2ccccc2)CCOC1=O. The van der Waals surface area contributed by atoms with Gasteiger partial charge < -0.3 is 4.74 Å². The Balaban J connectivity index is 2.19. The minimum atomic E-state index is -0.346. The van der Waals surface area contributed by atoms with Crippen LogP contribution in [0.25, 0.3) is 0 Å². The first-order valence-corrected chi connectivity index (χ1v) is 6.26. The van der Waals surface area contributed by atoms with Gasteiger partial charge in [-0.3, -0.25) is 4.79 Å². The van der Waals surface area contributed by atoms with Gasteiger partial charge in [0.05, 0.1) is 6.61 Å². The maximum absolute atomic E-state index is 11.7. The number of thioether (sulfide) groups is 1. The summed E-state index contributed by atoms with van der Waals surface area (Å²) in [7, 11) is 0. The van der Waals surface area contributed by atoms with Crippen molar-refractivity contribution < 1.29 is 9.53 Å². The van der Waals surface area contributed by atoms with Crippen LogP contribution in [0.5, 0.6) is 0 Å². The average molecular weight is 222 g/mol. The van der Waals surface area contributed by atoms with Crippen molar-refractivity contribution in [3.05, 3.63) is 35.9 Å². The second-order valence-electron chi connectivity index (χ2n) is 3.75. The largest absolute Gasteiger partial charge is 0.465 e. The van der Waals surface area contributed by atoms with Crippen molar-refractivity contribution in [3.63, 3.8) is 0 Å². The predicted octanol–water partition coefficient (Wildman–Crippen LogP) is 2.28. The van der Waals surface area contributed by atoms with Crippen LogP contribution in [0.4, 0.5) is 0 Å². The van der Waals surface area contributed by atoms with Gasteiger partial charge in [0.2, 0.25) is 0 Å². The van der Waals surface area contributed by atoms with E-state index in [0.29, 0.717) is 6.61 Å². The summed E-state index contributed by atoms with van der Waals surface area (Å²) in [4.78, 5) is 11.7. The van der Waals surface area contributed by atoms with Crippen molar-refractivity contribution in [2.45, 2.75) is 17.6 Å². The number of carbonyl (C=O) groups is 1. The van der Waals surface area contributed by atoms with Gasteiger partial charge >= 0.3 is 5.97 Å². The van der Waals surface area contributed by atoms with E-state index in [2.05, 4.69) is 12.1 Å². The minimum absolute atomic E-state index is 0.0566. The molecule has 1 aliphatic heterocycles. The van der Waals surface area contributed by atoms with Crippen molar-refractivity contribution in [1.29, 1.82) is 0 Å². The highest BCUT2D eigenvalue weighted by molar-refractivity contribution is 8.00. The number of rotatable bonds is 3. The number of ether oxygens (including phenoxy) is 1. The minimum Gasteiger partial charge on any atom is -0.465 e. The molecule has 1 fully saturated rings. The van der Waals surface area contributed by atoms with Crippen molar-refractivity contribution in [3.8, 4) is 0 Å². The van der Waals surface area contributed by atoms with Crippen molar-refractivity contribution >= 4 is 17.7 Å².